The van der Waals surface area contributed by atoms with Crippen molar-refractivity contribution >= 4 is 0 Å². The summed E-state index contributed by atoms with van der Waals surface area (Å²) in [6.07, 6.45) is 1.71. The van der Waals surface area contributed by atoms with E-state index in [-0.39, 0.29) is 0 Å². The van der Waals surface area contributed by atoms with E-state index in [4.69, 9.17) is 10.6 Å². The van der Waals surface area contributed by atoms with Crippen molar-refractivity contribution in [1.29, 1.82) is 0 Å². The second-order valence-electron chi connectivity index (χ2n) is 3.63. The Balaban J connectivity index is 3.21. The molecule has 1 rings (SSSR count). The van der Waals surface area contributed by atoms with Crippen molar-refractivity contribution in [2.24, 2.45) is 5.90 Å². The van der Waals surface area contributed by atoms with Crippen LogP contribution in [0.2, 0.25) is 0 Å². The van der Waals surface area contributed by atoms with Crippen LogP contribution in [0.1, 0.15) is 22.5 Å². The van der Waals surface area contributed by atoms with E-state index in [0.717, 1.165) is 28.3 Å². The lowest BCUT2D eigenvalue weighted by atomic mass is 10.1. The average Bonchev–Trinajstić information content (AvgIpc) is 2.25. The Kier molecular flexibility index (Phi) is 4.46. The Morgan fingerprint density at radius 2 is 2.00 bits per heavy atom. The largest absolute Gasteiger partial charge is 0.489 e. The molecule has 0 saturated heterocycles. The van der Waals surface area contributed by atoms with Gasteiger partial charge < -0.3 is 4.74 Å². The highest BCUT2D eigenvalue weighted by molar-refractivity contribution is 5.44. The Labute approximate surface area is 96.0 Å². The van der Waals surface area contributed by atoms with Crippen LogP contribution in [0.3, 0.4) is 0 Å². The zero-order valence-corrected chi connectivity index (χ0v) is 10.0. The van der Waals surface area contributed by atoms with Gasteiger partial charge in [-0.2, -0.15) is 0 Å². The molecule has 0 aliphatic heterocycles. The number of nitrogens with two attached hydrogens (primary N) is 1. The van der Waals surface area contributed by atoms with E-state index >= 15 is 0 Å². The Morgan fingerprint density at radius 3 is 2.56 bits per heavy atom. The summed E-state index contributed by atoms with van der Waals surface area (Å²) >= 11 is 0. The van der Waals surface area contributed by atoms with E-state index in [1.165, 1.54) is 0 Å². The molecule has 0 amide bonds. The lowest BCUT2D eigenvalue weighted by Crippen LogP contribution is -2.09. The third-order valence-electron chi connectivity index (χ3n) is 2.50. The van der Waals surface area contributed by atoms with Crippen molar-refractivity contribution in [3.63, 3.8) is 0 Å². The highest BCUT2D eigenvalue weighted by Gasteiger charge is 2.14. The fraction of sp³-hybridized carbons (Fsp3) is 0.417. The third-order valence-corrected chi connectivity index (χ3v) is 2.50. The maximum absolute atomic E-state index is 5.64. The van der Waals surface area contributed by atoms with E-state index in [0.29, 0.717) is 13.2 Å². The highest BCUT2D eigenvalue weighted by atomic mass is 16.6. The normalized spacial score (nSPS) is 10.2. The molecule has 1 aromatic heterocycles. The molecule has 0 fully saturated rings. The lowest BCUT2D eigenvalue weighted by molar-refractivity contribution is 0.120. The van der Waals surface area contributed by atoms with Gasteiger partial charge in [-0.3, -0.25) is 9.82 Å². The van der Waals surface area contributed by atoms with E-state index in [1.807, 2.05) is 20.8 Å². The fourth-order valence-corrected chi connectivity index (χ4v) is 1.55. The van der Waals surface area contributed by atoms with Crippen molar-refractivity contribution in [3.05, 3.63) is 35.2 Å². The van der Waals surface area contributed by atoms with Gasteiger partial charge in [0.05, 0.1) is 6.61 Å². The van der Waals surface area contributed by atoms with Crippen LogP contribution in [0.25, 0.3) is 0 Å². The van der Waals surface area contributed by atoms with Crippen LogP contribution < -0.4 is 10.6 Å². The maximum atomic E-state index is 5.64. The molecule has 0 unspecified atom stereocenters. The summed E-state index contributed by atoms with van der Waals surface area (Å²) in [5.74, 6) is 5.91. The van der Waals surface area contributed by atoms with Gasteiger partial charge in [0.2, 0.25) is 0 Å². The van der Waals surface area contributed by atoms with Gasteiger partial charge in [-0.05, 0) is 20.8 Å². The number of ether oxygens (including phenoxy) is 1. The van der Waals surface area contributed by atoms with Gasteiger partial charge in [0.15, 0.2) is 0 Å². The molecule has 4 nitrogen and oxygen atoms in total. The summed E-state index contributed by atoms with van der Waals surface area (Å²) in [5, 5.41) is 0. The molecule has 0 aliphatic rings. The van der Waals surface area contributed by atoms with Gasteiger partial charge in [0.1, 0.15) is 12.4 Å². The quantitative estimate of drug-likeness (QED) is 0.611. The van der Waals surface area contributed by atoms with Crippen molar-refractivity contribution in [3.8, 4) is 5.75 Å². The number of nitrogens with zero attached hydrogens (tertiary/aromatic N) is 1. The molecule has 4 heteroatoms. The molecule has 0 bridgehead atoms. The topological polar surface area (TPSA) is 57.4 Å². The molecule has 1 heterocycles. The first kappa shape index (κ1) is 12.7. The third kappa shape index (κ3) is 2.59. The summed E-state index contributed by atoms with van der Waals surface area (Å²) in [6.45, 7) is 10.2. The molecule has 16 heavy (non-hydrogen) atoms. The smallest absolute Gasteiger partial charge is 0.131 e. The monoisotopic (exact) mass is 222 g/mol. The van der Waals surface area contributed by atoms with E-state index in [9.17, 15) is 0 Å². The predicted molar refractivity (Wildman–Crippen MR) is 63.1 cm³/mol. The number of aromatic nitrogens is 1. The minimum atomic E-state index is 0.298. The van der Waals surface area contributed by atoms with Gasteiger partial charge in [-0.25, -0.2) is 5.90 Å². The number of pyridine rings is 1. The molecular formula is C12H18N2O2. The van der Waals surface area contributed by atoms with Crippen molar-refractivity contribution in [1.82, 2.24) is 4.98 Å². The standard InChI is InChI=1S/C12H18N2O2/c1-5-6-15-12-8(2)9(3)14-10(4)11(12)7-16-13/h5H,1,6-7,13H2,2-4H3. The molecular weight excluding hydrogens is 204 g/mol. The maximum Gasteiger partial charge on any atom is 0.131 e. The number of rotatable bonds is 5. The van der Waals surface area contributed by atoms with Crippen LogP contribution in [0.15, 0.2) is 12.7 Å². The second-order valence-corrected chi connectivity index (χ2v) is 3.63. The van der Waals surface area contributed by atoms with Crippen LogP contribution in [-0.2, 0) is 11.4 Å². The van der Waals surface area contributed by atoms with Crippen LogP contribution in [0.4, 0.5) is 0 Å². The van der Waals surface area contributed by atoms with Gasteiger partial charge in [0.25, 0.3) is 0 Å². The van der Waals surface area contributed by atoms with Gasteiger partial charge in [0, 0.05) is 22.5 Å². The van der Waals surface area contributed by atoms with Crippen molar-refractivity contribution < 1.29 is 9.57 Å². The predicted octanol–water partition coefficient (Wildman–Crippen LogP) is 1.96. The summed E-state index contributed by atoms with van der Waals surface area (Å²) in [7, 11) is 0. The first-order valence-electron chi connectivity index (χ1n) is 5.13. The van der Waals surface area contributed by atoms with E-state index in [2.05, 4.69) is 16.4 Å². The molecule has 0 aromatic carbocycles. The molecule has 0 atom stereocenters. The summed E-state index contributed by atoms with van der Waals surface area (Å²) in [5.41, 5.74) is 3.75. The second kappa shape index (κ2) is 5.63. The van der Waals surface area contributed by atoms with Gasteiger partial charge in [-0.1, -0.05) is 12.7 Å². The van der Waals surface area contributed by atoms with E-state index < -0.39 is 0 Å². The minimum absolute atomic E-state index is 0.298. The van der Waals surface area contributed by atoms with Crippen LogP contribution in [0, 0.1) is 20.8 Å². The number of hydrogen-bond acceptors (Lipinski definition) is 4. The minimum Gasteiger partial charge on any atom is -0.489 e. The highest BCUT2D eigenvalue weighted by Crippen LogP contribution is 2.28. The molecule has 0 radical (unpaired) electrons. The Morgan fingerprint density at radius 1 is 1.31 bits per heavy atom. The zero-order chi connectivity index (χ0) is 12.1. The lowest BCUT2D eigenvalue weighted by Gasteiger charge is -2.16. The SMILES string of the molecule is C=CCOc1c(C)c(C)nc(C)c1CON. The molecule has 2 N–H and O–H groups in total. The fourth-order valence-electron chi connectivity index (χ4n) is 1.55. The van der Waals surface area contributed by atoms with Crippen molar-refractivity contribution in [2.75, 3.05) is 6.61 Å². The number of aryl methyl sites for hydroxylation is 2. The van der Waals surface area contributed by atoms with Crippen LogP contribution in [-0.4, -0.2) is 11.6 Å². The first-order chi connectivity index (χ1) is 7.61. The summed E-state index contributed by atoms with van der Waals surface area (Å²) in [4.78, 5) is 9.10. The molecule has 0 saturated carbocycles. The summed E-state index contributed by atoms with van der Waals surface area (Å²) in [6, 6.07) is 0. The Hall–Kier alpha value is -1.39. The van der Waals surface area contributed by atoms with Gasteiger partial charge in [-0.15, -0.1) is 0 Å². The van der Waals surface area contributed by atoms with Gasteiger partial charge >= 0.3 is 0 Å². The van der Waals surface area contributed by atoms with Crippen LogP contribution in [0.5, 0.6) is 5.75 Å². The van der Waals surface area contributed by atoms with Crippen molar-refractivity contribution in [2.45, 2.75) is 27.4 Å². The zero-order valence-electron chi connectivity index (χ0n) is 10.0. The number of hydrogen-bond donors (Lipinski definition) is 1. The first-order valence-corrected chi connectivity index (χ1v) is 5.13. The average molecular weight is 222 g/mol. The van der Waals surface area contributed by atoms with Crippen LogP contribution >= 0.6 is 0 Å². The molecule has 0 spiro atoms. The molecule has 0 aliphatic carbocycles. The molecule has 1 aromatic rings. The Bertz CT molecular complexity index is 389. The molecule has 88 valence electrons. The summed E-state index contributed by atoms with van der Waals surface area (Å²) < 4.78 is 5.64. The van der Waals surface area contributed by atoms with E-state index in [1.54, 1.807) is 6.08 Å².